The lowest BCUT2D eigenvalue weighted by atomic mass is 10.1. The van der Waals surface area contributed by atoms with Crippen LogP contribution in [0.2, 0.25) is 0 Å². The molecule has 0 unspecified atom stereocenters. The molecule has 0 fully saturated rings. The van der Waals surface area contributed by atoms with Crippen LogP contribution in [0.15, 0.2) is 51.9 Å². The maximum atomic E-state index is 14.0. The van der Waals surface area contributed by atoms with Crippen molar-refractivity contribution in [2.75, 3.05) is 11.9 Å². The molecule has 3 rings (SSSR count). The second-order valence-corrected chi connectivity index (χ2v) is 6.59. The second-order valence-electron chi connectivity index (χ2n) is 5.67. The van der Waals surface area contributed by atoms with Crippen molar-refractivity contribution in [2.45, 2.75) is 6.92 Å². The molecule has 0 spiro atoms. The number of nitrogens with one attached hydrogen (secondary N) is 1. The van der Waals surface area contributed by atoms with Crippen molar-refractivity contribution < 1.29 is 13.9 Å². The number of aryl methyl sites for hydroxylation is 1. The predicted octanol–water partition coefficient (Wildman–Crippen LogP) is 4.09. The first-order valence-electron chi connectivity index (χ1n) is 7.93. The Hall–Kier alpha value is -2.67. The first-order chi connectivity index (χ1) is 12.4. The molecular formula is C19H16BrFN2O3. The van der Waals surface area contributed by atoms with Gasteiger partial charge in [0.1, 0.15) is 17.1 Å². The number of rotatable bonds is 4. The van der Waals surface area contributed by atoms with Crippen LogP contribution in [0.3, 0.4) is 0 Å². The van der Waals surface area contributed by atoms with Crippen LogP contribution in [0.25, 0.3) is 10.9 Å². The maximum absolute atomic E-state index is 14.0. The minimum Gasteiger partial charge on any atom is -0.494 e. The van der Waals surface area contributed by atoms with Crippen molar-refractivity contribution in [1.82, 2.24) is 4.57 Å². The number of amides is 1. The summed E-state index contributed by atoms with van der Waals surface area (Å²) in [5, 5.41) is 2.81. The van der Waals surface area contributed by atoms with Gasteiger partial charge in [0.2, 0.25) is 5.43 Å². The summed E-state index contributed by atoms with van der Waals surface area (Å²) in [6.45, 7) is 2.31. The average Bonchev–Trinajstić information content (AvgIpc) is 2.60. The fraction of sp³-hybridized carbons (Fsp3) is 0.158. The van der Waals surface area contributed by atoms with Gasteiger partial charge in [-0.2, -0.15) is 0 Å². The number of hydrogen-bond acceptors (Lipinski definition) is 3. The van der Waals surface area contributed by atoms with E-state index in [0.717, 1.165) is 0 Å². The van der Waals surface area contributed by atoms with Crippen LogP contribution >= 0.6 is 15.9 Å². The van der Waals surface area contributed by atoms with Crippen molar-refractivity contribution in [3.63, 3.8) is 0 Å². The number of anilines is 1. The number of ether oxygens (including phenoxy) is 1. The Bertz CT molecular complexity index is 1060. The molecule has 2 aromatic carbocycles. The highest BCUT2D eigenvalue weighted by molar-refractivity contribution is 9.10. The summed E-state index contributed by atoms with van der Waals surface area (Å²) in [7, 11) is 1.74. The third-order valence-corrected chi connectivity index (χ3v) is 4.39. The van der Waals surface area contributed by atoms with E-state index in [1.54, 1.807) is 35.9 Å². The van der Waals surface area contributed by atoms with Gasteiger partial charge in [0, 0.05) is 17.7 Å². The normalized spacial score (nSPS) is 10.8. The Kier molecular flexibility index (Phi) is 5.08. The molecule has 1 aromatic heterocycles. The number of benzene rings is 2. The molecule has 0 atom stereocenters. The van der Waals surface area contributed by atoms with Gasteiger partial charge in [-0.3, -0.25) is 9.59 Å². The zero-order valence-electron chi connectivity index (χ0n) is 14.2. The molecule has 0 radical (unpaired) electrons. The van der Waals surface area contributed by atoms with Crippen molar-refractivity contribution >= 4 is 38.4 Å². The summed E-state index contributed by atoms with van der Waals surface area (Å²) in [4.78, 5) is 25.3. The average molecular weight is 419 g/mol. The Balaban J connectivity index is 2.05. The first-order valence-corrected chi connectivity index (χ1v) is 8.72. The summed E-state index contributed by atoms with van der Waals surface area (Å²) >= 11 is 3.16. The number of carbonyl (C=O) groups is 1. The van der Waals surface area contributed by atoms with Crippen molar-refractivity contribution in [3.8, 4) is 5.75 Å². The monoisotopic (exact) mass is 418 g/mol. The zero-order valence-corrected chi connectivity index (χ0v) is 15.8. The van der Waals surface area contributed by atoms with Gasteiger partial charge in [0.25, 0.3) is 5.91 Å². The minimum atomic E-state index is -0.671. The van der Waals surface area contributed by atoms with Crippen molar-refractivity contribution in [3.05, 3.63) is 68.7 Å². The van der Waals surface area contributed by atoms with E-state index in [2.05, 4.69) is 21.2 Å². The number of carbonyl (C=O) groups excluding carboxylic acids is 1. The third kappa shape index (κ3) is 3.48. The third-order valence-electron chi connectivity index (χ3n) is 3.89. The fourth-order valence-electron chi connectivity index (χ4n) is 2.67. The van der Waals surface area contributed by atoms with Gasteiger partial charge in [-0.15, -0.1) is 0 Å². The van der Waals surface area contributed by atoms with Crippen molar-refractivity contribution in [2.24, 2.45) is 7.05 Å². The summed E-state index contributed by atoms with van der Waals surface area (Å²) in [5.41, 5.74) is 0.166. The highest BCUT2D eigenvalue weighted by Gasteiger charge is 2.17. The maximum Gasteiger partial charge on any atom is 0.261 e. The lowest BCUT2D eigenvalue weighted by Crippen LogP contribution is -2.23. The summed E-state index contributed by atoms with van der Waals surface area (Å²) < 4.78 is 21.6. The molecule has 1 N–H and O–H groups in total. The molecule has 0 aliphatic carbocycles. The summed E-state index contributed by atoms with van der Waals surface area (Å²) in [6, 6.07) is 9.41. The van der Waals surface area contributed by atoms with Gasteiger partial charge in [-0.1, -0.05) is 15.9 Å². The lowest BCUT2D eigenvalue weighted by Gasteiger charge is -2.11. The SMILES string of the molecule is CCOc1ccc2c(c1)c(=O)c(C(=O)Nc1ccc(Br)cc1F)cn2C. The highest BCUT2D eigenvalue weighted by Crippen LogP contribution is 2.21. The van der Waals surface area contributed by atoms with Gasteiger partial charge >= 0.3 is 0 Å². The molecule has 26 heavy (non-hydrogen) atoms. The van der Waals surface area contributed by atoms with Crippen LogP contribution < -0.4 is 15.5 Å². The number of halogens is 2. The summed E-state index contributed by atoms with van der Waals surface area (Å²) in [5.74, 6) is -0.715. The Morgan fingerprint density at radius 1 is 1.27 bits per heavy atom. The molecule has 1 heterocycles. The van der Waals surface area contributed by atoms with Crippen LogP contribution in [0.5, 0.6) is 5.75 Å². The molecule has 0 aliphatic heterocycles. The quantitative estimate of drug-likeness (QED) is 0.693. The lowest BCUT2D eigenvalue weighted by molar-refractivity contribution is 0.102. The number of nitrogens with zero attached hydrogens (tertiary/aromatic N) is 1. The van der Waals surface area contributed by atoms with E-state index in [1.807, 2.05) is 6.92 Å². The van der Waals surface area contributed by atoms with Crippen LogP contribution in [-0.4, -0.2) is 17.1 Å². The molecule has 134 valence electrons. The van der Waals surface area contributed by atoms with Crippen LogP contribution in [0.4, 0.5) is 10.1 Å². The zero-order chi connectivity index (χ0) is 18.8. The molecule has 5 nitrogen and oxygen atoms in total. The molecule has 0 bridgehead atoms. The molecule has 0 saturated carbocycles. The molecular weight excluding hydrogens is 403 g/mol. The van der Waals surface area contributed by atoms with Crippen LogP contribution in [-0.2, 0) is 7.05 Å². The smallest absolute Gasteiger partial charge is 0.261 e. The summed E-state index contributed by atoms with van der Waals surface area (Å²) in [6.07, 6.45) is 1.44. The molecule has 7 heteroatoms. The van der Waals surface area contributed by atoms with E-state index >= 15 is 0 Å². The van der Waals surface area contributed by atoms with E-state index in [1.165, 1.54) is 18.3 Å². The van der Waals surface area contributed by atoms with Gasteiger partial charge in [0.15, 0.2) is 0 Å². The standard InChI is InChI=1S/C19H16BrFN2O3/c1-3-26-12-5-7-17-13(9-12)18(24)14(10-23(17)2)19(25)22-16-6-4-11(20)8-15(16)21/h4-10H,3H2,1-2H3,(H,22,25). The minimum absolute atomic E-state index is 0.00316. The number of aromatic nitrogens is 1. The number of hydrogen-bond donors (Lipinski definition) is 1. The van der Waals surface area contributed by atoms with Crippen molar-refractivity contribution in [1.29, 1.82) is 0 Å². The van der Waals surface area contributed by atoms with Gasteiger partial charge in [0.05, 0.1) is 23.2 Å². The van der Waals surface area contributed by atoms with E-state index < -0.39 is 17.2 Å². The molecule has 3 aromatic rings. The number of pyridine rings is 1. The number of fused-ring (bicyclic) bond motifs is 1. The Morgan fingerprint density at radius 2 is 2.04 bits per heavy atom. The van der Waals surface area contributed by atoms with E-state index in [9.17, 15) is 14.0 Å². The first kappa shape index (κ1) is 18.1. The van der Waals surface area contributed by atoms with E-state index in [-0.39, 0.29) is 11.3 Å². The Labute approximate surface area is 157 Å². The topological polar surface area (TPSA) is 60.3 Å². The van der Waals surface area contributed by atoms with Crippen LogP contribution in [0, 0.1) is 5.82 Å². The highest BCUT2D eigenvalue weighted by atomic mass is 79.9. The Morgan fingerprint density at radius 3 is 2.73 bits per heavy atom. The fourth-order valence-corrected chi connectivity index (χ4v) is 3.00. The second kappa shape index (κ2) is 7.29. The molecule has 1 amide bonds. The molecule has 0 aliphatic rings. The van der Waals surface area contributed by atoms with E-state index in [4.69, 9.17) is 4.74 Å². The largest absolute Gasteiger partial charge is 0.494 e. The molecule has 0 saturated heterocycles. The van der Waals surface area contributed by atoms with Gasteiger partial charge in [-0.25, -0.2) is 4.39 Å². The van der Waals surface area contributed by atoms with Gasteiger partial charge in [-0.05, 0) is 43.3 Å². The van der Waals surface area contributed by atoms with Gasteiger partial charge < -0.3 is 14.6 Å². The predicted molar refractivity (Wildman–Crippen MR) is 102 cm³/mol. The van der Waals surface area contributed by atoms with E-state index in [0.29, 0.717) is 27.7 Å². The van der Waals surface area contributed by atoms with Crippen LogP contribution in [0.1, 0.15) is 17.3 Å².